The fourth-order valence-electron chi connectivity index (χ4n) is 1.90. The molecule has 1 aliphatic heterocycles. The number of nitrogens with one attached hydrogen (secondary N) is 2. The summed E-state index contributed by atoms with van der Waals surface area (Å²) >= 11 is 0. The van der Waals surface area contributed by atoms with Gasteiger partial charge in [-0.3, -0.25) is 4.79 Å². The van der Waals surface area contributed by atoms with Crippen molar-refractivity contribution >= 4 is 17.3 Å². The van der Waals surface area contributed by atoms with Gasteiger partial charge in [-0.25, -0.2) is 0 Å². The molecule has 3 heteroatoms. The van der Waals surface area contributed by atoms with E-state index in [1.807, 2.05) is 12.1 Å². The fourth-order valence-corrected chi connectivity index (χ4v) is 1.90. The first kappa shape index (κ1) is 12.0. The molecule has 1 heterocycles. The van der Waals surface area contributed by atoms with Gasteiger partial charge in [0, 0.05) is 23.8 Å². The second-order valence-electron chi connectivity index (χ2n) is 5.10. The molecule has 1 aromatic rings. The van der Waals surface area contributed by atoms with Crippen LogP contribution < -0.4 is 10.6 Å². The molecule has 1 unspecified atom stereocenters. The molecule has 92 valence electrons. The molecular formula is C14H20N2O. The standard InChI is InChI=1S/C14H20N2O/c1-9(2)10(3)15-12-5-6-13-11(8-12)4-7-14(17)16-13/h5-6,8-10,15H,4,7H2,1-3H3,(H,16,17). The lowest BCUT2D eigenvalue weighted by Gasteiger charge is -2.22. The van der Waals surface area contributed by atoms with Gasteiger partial charge in [-0.1, -0.05) is 13.8 Å². The van der Waals surface area contributed by atoms with Gasteiger partial charge in [0.2, 0.25) is 5.91 Å². The first-order chi connectivity index (χ1) is 8.06. The van der Waals surface area contributed by atoms with Crippen LogP contribution in [0.25, 0.3) is 0 Å². The number of carbonyl (C=O) groups is 1. The number of hydrogen-bond donors (Lipinski definition) is 2. The SMILES string of the molecule is CC(C)C(C)Nc1ccc2c(c1)CCC(=O)N2. The molecule has 2 rings (SSSR count). The van der Waals surface area contributed by atoms with Crippen LogP contribution in [0.4, 0.5) is 11.4 Å². The van der Waals surface area contributed by atoms with Crippen molar-refractivity contribution in [1.82, 2.24) is 0 Å². The van der Waals surface area contributed by atoms with Crippen LogP contribution in [0.15, 0.2) is 18.2 Å². The van der Waals surface area contributed by atoms with Gasteiger partial charge < -0.3 is 10.6 Å². The molecule has 0 aromatic heterocycles. The van der Waals surface area contributed by atoms with Gasteiger partial charge >= 0.3 is 0 Å². The quantitative estimate of drug-likeness (QED) is 0.841. The minimum absolute atomic E-state index is 0.119. The zero-order chi connectivity index (χ0) is 12.4. The Kier molecular flexibility index (Phi) is 3.36. The highest BCUT2D eigenvalue weighted by Gasteiger charge is 2.15. The van der Waals surface area contributed by atoms with Gasteiger partial charge in [-0.05, 0) is 43.0 Å². The van der Waals surface area contributed by atoms with Gasteiger partial charge in [-0.15, -0.1) is 0 Å². The first-order valence-electron chi connectivity index (χ1n) is 6.25. The van der Waals surface area contributed by atoms with Crippen LogP contribution in [0.2, 0.25) is 0 Å². The molecule has 1 atom stereocenters. The van der Waals surface area contributed by atoms with E-state index in [-0.39, 0.29) is 5.91 Å². The van der Waals surface area contributed by atoms with Crippen LogP contribution in [-0.4, -0.2) is 11.9 Å². The summed E-state index contributed by atoms with van der Waals surface area (Å²) in [4.78, 5) is 11.3. The number of fused-ring (bicyclic) bond motifs is 1. The summed E-state index contributed by atoms with van der Waals surface area (Å²) in [5.74, 6) is 0.722. The molecule has 0 saturated heterocycles. The van der Waals surface area contributed by atoms with Gasteiger partial charge in [0.15, 0.2) is 0 Å². The monoisotopic (exact) mass is 232 g/mol. The van der Waals surface area contributed by atoms with Crippen molar-refractivity contribution in [1.29, 1.82) is 0 Å². The van der Waals surface area contributed by atoms with E-state index in [4.69, 9.17) is 0 Å². The van der Waals surface area contributed by atoms with E-state index in [0.29, 0.717) is 18.4 Å². The highest BCUT2D eigenvalue weighted by atomic mass is 16.1. The van der Waals surface area contributed by atoms with Gasteiger partial charge in [-0.2, -0.15) is 0 Å². The van der Waals surface area contributed by atoms with E-state index < -0.39 is 0 Å². The second-order valence-corrected chi connectivity index (χ2v) is 5.10. The summed E-state index contributed by atoms with van der Waals surface area (Å²) in [6, 6.07) is 6.62. The smallest absolute Gasteiger partial charge is 0.224 e. The zero-order valence-corrected chi connectivity index (χ0v) is 10.7. The lowest BCUT2D eigenvalue weighted by atomic mass is 10.0. The predicted octanol–water partition coefficient (Wildman–Crippen LogP) is 3.03. The van der Waals surface area contributed by atoms with Crippen molar-refractivity contribution in [2.45, 2.75) is 39.7 Å². The molecule has 0 spiro atoms. The zero-order valence-electron chi connectivity index (χ0n) is 10.7. The van der Waals surface area contributed by atoms with E-state index >= 15 is 0 Å². The van der Waals surface area contributed by atoms with Crippen LogP contribution >= 0.6 is 0 Å². The maximum Gasteiger partial charge on any atom is 0.224 e. The molecule has 0 saturated carbocycles. The third-order valence-corrected chi connectivity index (χ3v) is 3.40. The molecule has 1 aliphatic rings. The number of hydrogen-bond acceptors (Lipinski definition) is 2. The Morgan fingerprint density at radius 3 is 2.71 bits per heavy atom. The van der Waals surface area contributed by atoms with E-state index in [0.717, 1.165) is 17.8 Å². The fraction of sp³-hybridized carbons (Fsp3) is 0.500. The molecule has 0 bridgehead atoms. The number of rotatable bonds is 3. The molecule has 1 aromatic carbocycles. The van der Waals surface area contributed by atoms with Crippen LogP contribution in [0.5, 0.6) is 0 Å². The summed E-state index contributed by atoms with van der Waals surface area (Å²) in [7, 11) is 0. The summed E-state index contributed by atoms with van der Waals surface area (Å²) < 4.78 is 0. The largest absolute Gasteiger partial charge is 0.382 e. The Morgan fingerprint density at radius 1 is 1.24 bits per heavy atom. The predicted molar refractivity (Wildman–Crippen MR) is 71.3 cm³/mol. The van der Waals surface area contributed by atoms with E-state index in [9.17, 15) is 4.79 Å². The lowest BCUT2D eigenvalue weighted by molar-refractivity contribution is -0.116. The number of anilines is 2. The van der Waals surface area contributed by atoms with Crippen molar-refractivity contribution in [2.75, 3.05) is 10.6 Å². The highest BCUT2D eigenvalue weighted by molar-refractivity contribution is 5.94. The van der Waals surface area contributed by atoms with Crippen LogP contribution in [0.1, 0.15) is 32.8 Å². The van der Waals surface area contributed by atoms with Crippen molar-refractivity contribution in [3.8, 4) is 0 Å². The van der Waals surface area contributed by atoms with Crippen LogP contribution in [-0.2, 0) is 11.2 Å². The Morgan fingerprint density at radius 2 is 2.00 bits per heavy atom. The lowest BCUT2D eigenvalue weighted by Crippen LogP contribution is -2.22. The average molecular weight is 232 g/mol. The molecule has 17 heavy (non-hydrogen) atoms. The second kappa shape index (κ2) is 4.78. The van der Waals surface area contributed by atoms with E-state index in [1.165, 1.54) is 5.56 Å². The van der Waals surface area contributed by atoms with Crippen molar-refractivity contribution in [3.05, 3.63) is 23.8 Å². The molecular weight excluding hydrogens is 212 g/mol. The molecule has 0 fully saturated rings. The number of aryl methyl sites for hydroxylation is 1. The molecule has 2 N–H and O–H groups in total. The number of amides is 1. The summed E-state index contributed by atoms with van der Waals surface area (Å²) in [5.41, 5.74) is 3.33. The summed E-state index contributed by atoms with van der Waals surface area (Å²) in [6.45, 7) is 6.60. The molecule has 1 amide bonds. The highest BCUT2D eigenvalue weighted by Crippen LogP contribution is 2.26. The Bertz CT molecular complexity index is 426. The summed E-state index contributed by atoms with van der Waals surface area (Å²) in [6.07, 6.45) is 1.43. The number of carbonyl (C=O) groups excluding carboxylic acids is 1. The maximum atomic E-state index is 11.3. The first-order valence-corrected chi connectivity index (χ1v) is 6.25. The maximum absolute atomic E-state index is 11.3. The Labute approximate surface area is 103 Å². The normalized spacial score (nSPS) is 16.4. The van der Waals surface area contributed by atoms with Gasteiger partial charge in [0.25, 0.3) is 0 Å². The molecule has 0 radical (unpaired) electrons. The van der Waals surface area contributed by atoms with Crippen LogP contribution in [0, 0.1) is 5.92 Å². The Balaban J connectivity index is 2.14. The topological polar surface area (TPSA) is 41.1 Å². The Hall–Kier alpha value is -1.51. The van der Waals surface area contributed by atoms with Crippen molar-refractivity contribution in [3.63, 3.8) is 0 Å². The van der Waals surface area contributed by atoms with E-state index in [1.54, 1.807) is 0 Å². The average Bonchev–Trinajstić information content (AvgIpc) is 2.29. The molecule has 0 aliphatic carbocycles. The van der Waals surface area contributed by atoms with E-state index in [2.05, 4.69) is 37.5 Å². The number of benzene rings is 1. The minimum atomic E-state index is 0.119. The molecule has 3 nitrogen and oxygen atoms in total. The summed E-state index contributed by atoms with van der Waals surface area (Å²) in [5, 5.41) is 6.39. The third-order valence-electron chi connectivity index (χ3n) is 3.40. The minimum Gasteiger partial charge on any atom is -0.382 e. The van der Waals surface area contributed by atoms with Gasteiger partial charge in [0.1, 0.15) is 0 Å². The van der Waals surface area contributed by atoms with Crippen molar-refractivity contribution in [2.24, 2.45) is 5.92 Å². The van der Waals surface area contributed by atoms with Gasteiger partial charge in [0.05, 0.1) is 0 Å². The van der Waals surface area contributed by atoms with Crippen molar-refractivity contribution < 1.29 is 4.79 Å². The van der Waals surface area contributed by atoms with Crippen LogP contribution in [0.3, 0.4) is 0 Å². The third kappa shape index (κ3) is 2.78.